The quantitative estimate of drug-likeness (QED) is 0.741. The Morgan fingerprint density at radius 1 is 1.29 bits per heavy atom. The van der Waals surface area contributed by atoms with Crippen LogP contribution < -0.4 is 4.90 Å². The van der Waals surface area contributed by atoms with E-state index in [1.807, 2.05) is 0 Å². The van der Waals surface area contributed by atoms with Crippen LogP contribution in [0.25, 0.3) is 0 Å². The molecule has 0 saturated carbocycles. The molecule has 2 rings (SSSR count). The lowest BCUT2D eigenvalue weighted by atomic mass is 9.93. The maximum atomic E-state index is 3.61. The SMILES string of the molecule is CCC1CCN(c2ccc(C)cc2CBr)CC1. The number of hydrogen-bond donors (Lipinski definition) is 0. The number of rotatable bonds is 3. The first-order valence-electron chi connectivity index (χ1n) is 6.65. The zero-order valence-corrected chi connectivity index (χ0v) is 12.5. The van der Waals surface area contributed by atoms with Crippen molar-refractivity contribution in [3.63, 3.8) is 0 Å². The molecule has 94 valence electrons. The minimum Gasteiger partial charge on any atom is -0.371 e. The third kappa shape index (κ3) is 3.04. The van der Waals surface area contributed by atoms with E-state index in [0.717, 1.165) is 11.2 Å². The van der Waals surface area contributed by atoms with E-state index in [9.17, 15) is 0 Å². The molecule has 0 unspecified atom stereocenters. The number of alkyl halides is 1. The van der Waals surface area contributed by atoms with E-state index in [-0.39, 0.29) is 0 Å². The second-order valence-electron chi connectivity index (χ2n) is 5.10. The van der Waals surface area contributed by atoms with Crippen molar-refractivity contribution in [2.45, 2.75) is 38.4 Å². The molecule has 0 radical (unpaired) electrons. The van der Waals surface area contributed by atoms with Gasteiger partial charge in [0.1, 0.15) is 0 Å². The molecule has 0 aliphatic carbocycles. The van der Waals surface area contributed by atoms with Gasteiger partial charge in [0.15, 0.2) is 0 Å². The summed E-state index contributed by atoms with van der Waals surface area (Å²) in [5, 5.41) is 0.956. The van der Waals surface area contributed by atoms with Crippen molar-refractivity contribution >= 4 is 21.6 Å². The molecule has 0 amide bonds. The van der Waals surface area contributed by atoms with E-state index < -0.39 is 0 Å². The van der Waals surface area contributed by atoms with Crippen LogP contribution in [-0.2, 0) is 5.33 Å². The zero-order valence-electron chi connectivity index (χ0n) is 10.9. The summed E-state index contributed by atoms with van der Waals surface area (Å²) in [6.07, 6.45) is 4.05. The minimum atomic E-state index is 0.948. The molecule has 1 aliphatic heterocycles. The van der Waals surface area contributed by atoms with E-state index >= 15 is 0 Å². The van der Waals surface area contributed by atoms with E-state index in [0.29, 0.717) is 0 Å². The Bertz CT molecular complexity index is 367. The van der Waals surface area contributed by atoms with Crippen LogP contribution in [0.2, 0.25) is 0 Å². The fraction of sp³-hybridized carbons (Fsp3) is 0.600. The van der Waals surface area contributed by atoms with Crippen LogP contribution in [0.3, 0.4) is 0 Å². The third-order valence-corrected chi connectivity index (χ3v) is 4.52. The first-order chi connectivity index (χ1) is 8.24. The molecule has 17 heavy (non-hydrogen) atoms. The summed E-state index contributed by atoms with van der Waals surface area (Å²) < 4.78 is 0. The summed E-state index contributed by atoms with van der Waals surface area (Å²) in [4.78, 5) is 2.56. The van der Waals surface area contributed by atoms with Gasteiger partial charge in [-0.25, -0.2) is 0 Å². The summed E-state index contributed by atoms with van der Waals surface area (Å²) in [7, 11) is 0. The van der Waals surface area contributed by atoms with Gasteiger partial charge in [0, 0.05) is 24.1 Å². The lowest BCUT2D eigenvalue weighted by Crippen LogP contribution is -2.34. The number of piperidine rings is 1. The molecule has 1 heterocycles. The average Bonchev–Trinajstić information content (AvgIpc) is 2.39. The largest absolute Gasteiger partial charge is 0.371 e. The maximum Gasteiger partial charge on any atom is 0.0407 e. The van der Waals surface area contributed by atoms with Crippen LogP contribution in [0.4, 0.5) is 5.69 Å². The second-order valence-corrected chi connectivity index (χ2v) is 5.67. The molecular weight excluding hydrogens is 274 g/mol. The molecule has 1 aromatic rings. The summed E-state index contributed by atoms with van der Waals surface area (Å²) in [6.45, 7) is 6.93. The molecular formula is C15H22BrN. The van der Waals surface area contributed by atoms with Gasteiger partial charge in [-0.15, -0.1) is 0 Å². The maximum absolute atomic E-state index is 3.61. The standard InChI is InChI=1S/C15H22BrN/c1-3-13-6-8-17(9-7-13)15-5-4-12(2)10-14(15)11-16/h4-5,10,13H,3,6-9,11H2,1-2H3. The van der Waals surface area contributed by atoms with E-state index in [2.05, 4.69) is 52.9 Å². The van der Waals surface area contributed by atoms with Gasteiger partial charge in [-0.1, -0.05) is 47.0 Å². The predicted molar refractivity (Wildman–Crippen MR) is 79.0 cm³/mol. The number of anilines is 1. The van der Waals surface area contributed by atoms with E-state index in [1.54, 1.807) is 0 Å². The van der Waals surface area contributed by atoms with E-state index in [1.165, 1.54) is 49.2 Å². The summed E-state index contributed by atoms with van der Waals surface area (Å²) in [6, 6.07) is 6.82. The highest BCUT2D eigenvalue weighted by Crippen LogP contribution is 2.29. The molecule has 2 heteroatoms. The Morgan fingerprint density at radius 3 is 2.59 bits per heavy atom. The Hall–Kier alpha value is -0.500. The normalized spacial score (nSPS) is 17.5. The van der Waals surface area contributed by atoms with Crippen molar-refractivity contribution < 1.29 is 0 Å². The summed E-state index contributed by atoms with van der Waals surface area (Å²) in [5.74, 6) is 0.948. The highest BCUT2D eigenvalue weighted by Gasteiger charge is 2.19. The van der Waals surface area contributed by atoms with Gasteiger partial charge in [-0.3, -0.25) is 0 Å². The van der Waals surface area contributed by atoms with Crippen molar-refractivity contribution in [2.24, 2.45) is 5.92 Å². The molecule has 0 atom stereocenters. The molecule has 1 aromatic carbocycles. The number of halogens is 1. The van der Waals surface area contributed by atoms with Gasteiger partial charge < -0.3 is 4.90 Å². The Balaban J connectivity index is 2.12. The highest BCUT2D eigenvalue weighted by atomic mass is 79.9. The zero-order chi connectivity index (χ0) is 12.3. The fourth-order valence-corrected chi connectivity index (χ4v) is 3.16. The van der Waals surface area contributed by atoms with Crippen molar-refractivity contribution in [3.05, 3.63) is 29.3 Å². The Labute approximate surface area is 113 Å². The van der Waals surface area contributed by atoms with Crippen LogP contribution in [0.15, 0.2) is 18.2 Å². The van der Waals surface area contributed by atoms with Gasteiger partial charge in [-0.05, 0) is 37.3 Å². The Morgan fingerprint density at radius 2 is 2.00 bits per heavy atom. The molecule has 0 bridgehead atoms. The van der Waals surface area contributed by atoms with Gasteiger partial charge in [-0.2, -0.15) is 0 Å². The first-order valence-corrected chi connectivity index (χ1v) is 7.77. The summed E-state index contributed by atoms with van der Waals surface area (Å²) in [5.41, 5.74) is 4.22. The smallest absolute Gasteiger partial charge is 0.0407 e. The predicted octanol–water partition coefficient (Wildman–Crippen LogP) is 4.52. The van der Waals surface area contributed by atoms with Crippen molar-refractivity contribution in [3.8, 4) is 0 Å². The molecule has 0 N–H and O–H groups in total. The van der Waals surface area contributed by atoms with Gasteiger partial charge in [0.2, 0.25) is 0 Å². The number of aryl methyl sites for hydroxylation is 1. The van der Waals surface area contributed by atoms with E-state index in [4.69, 9.17) is 0 Å². The van der Waals surface area contributed by atoms with Gasteiger partial charge >= 0.3 is 0 Å². The molecule has 0 aromatic heterocycles. The topological polar surface area (TPSA) is 3.24 Å². The molecule has 1 nitrogen and oxygen atoms in total. The molecule has 0 spiro atoms. The van der Waals surface area contributed by atoms with Crippen LogP contribution in [-0.4, -0.2) is 13.1 Å². The van der Waals surface area contributed by atoms with Crippen molar-refractivity contribution in [2.75, 3.05) is 18.0 Å². The van der Waals surface area contributed by atoms with Crippen LogP contribution in [0, 0.1) is 12.8 Å². The van der Waals surface area contributed by atoms with Crippen LogP contribution >= 0.6 is 15.9 Å². The monoisotopic (exact) mass is 295 g/mol. The third-order valence-electron chi connectivity index (χ3n) is 3.91. The summed E-state index contributed by atoms with van der Waals surface area (Å²) >= 11 is 3.61. The number of benzene rings is 1. The average molecular weight is 296 g/mol. The second kappa shape index (κ2) is 5.90. The van der Waals surface area contributed by atoms with Gasteiger partial charge in [0.25, 0.3) is 0 Å². The number of nitrogens with zero attached hydrogens (tertiary/aromatic N) is 1. The van der Waals surface area contributed by atoms with Crippen molar-refractivity contribution in [1.29, 1.82) is 0 Å². The molecule has 1 saturated heterocycles. The Kier molecular flexibility index (Phi) is 4.49. The molecule has 1 fully saturated rings. The lowest BCUT2D eigenvalue weighted by Gasteiger charge is -2.34. The first kappa shape index (κ1) is 12.9. The molecule has 1 aliphatic rings. The highest BCUT2D eigenvalue weighted by molar-refractivity contribution is 9.08. The number of hydrogen-bond acceptors (Lipinski definition) is 1. The van der Waals surface area contributed by atoms with Gasteiger partial charge in [0.05, 0.1) is 0 Å². The fourth-order valence-electron chi connectivity index (χ4n) is 2.71. The minimum absolute atomic E-state index is 0.948. The van der Waals surface area contributed by atoms with Crippen LogP contribution in [0.5, 0.6) is 0 Å². The van der Waals surface area contributed by atoms with Crippen LogP contribution in [0.1, 0.15) is 37.3 Å². The lowest BCUT2D eigenvalue weighted by molar-refractivity contribution is 0.395. The van der Waals surface area contributed by atoms with Crippen molar-refractivity contribution in [1.82, 2.24) is 0 Å².